The number of nitrogens with two attached hydrogens (primary N) is 1. The molecule has 1 amide bonds. The molecule has 0 saturated carbocycles. The number of nitrogens with one attached hydrogen (secondary N) is 2. The van der Waals surface area contributed by atoms with Crippen molar-refractivity contribution in [3.05, 3.63) is 65.4 Å². The van der Waals surface area contributed by atoms with Crippen LogP contribution in [-0.2, 0) is 23.0 Å². The molecule has 0 radical (unpaired) electrons. The second kappa shape index (κ2) is 6.40. The molecule has 0 spiro atoms. The Morgan fingerprint density at radius 1 is 0.931 bits per heavy atom. The van der Waals surface area contributed by atoms with Gasteiger partial charge in [0.15, 0.2) is 0 Å². The van der Waals surface area contributed by atoms with Crippen LogP contribution in [0.25, 0.3) is 22.3 Å². The predicted molar refractivity (Wildman–Crippen MR) is 110 cm³/mol. The number of carbonyl (C=O) groups excluding carboxylic acids is 1. The molecule has 0 unspecified atom stereocenters. The van der Waals surface area contributed by atoms with Gasteiger partial charge in [-0.1, -0.05) is 18.2 Å². The third-order valence-corrected chi connectivity index (χ3v) is 6.90. The topological polar surface area (TPSA) is 114 Å². The summed E-state index contributed by atoms with van der Waals surface area (Å²) < 4.78 is 26.4. The number of anilines is 1. The van der Waals surface area contributed by atoms with Crippen LogP contribution in [0.4, 0.5) is 5.82 Å². The van der Waals surface area contributed by atoms with Gasteiger partial charge in [0.05, 0.1) is 4.90 Å². The summed E-state index contributed by atoms with van der Waals surface area (Å²) in [5, 5.41) is 2.84. The molecule has 3 heterocycles. The molecule has 2 aliphatic heterocycles. The second-order valence-corrected chi connectivity index (χ2v) is 8.92. The first-order valence-corrected chi connectivity index (χ1v) is 10.7. The Kier molecular flexibility index (Phi) is 3.94. The van der Waals surface area contributed by atoms with Crippen LogP contribution < -0.4 is 15.8 Å². The van der Waals surface area contributed by atoms with Gasteiger partial charge in [-0.25, -0.2) is 18.1 Å². The van der Waals surface area contributed by atoms with Gasteiger partial charge in [0.2, 0.25) is 10.0 Å². The number of amides is 1. The first kappa shape index (κ1) is 17.8. The Balaban J connectivity index is 1.58. The maximum absolute atomic E-state index is 12.0. The lowest BCUT2D eigenvalue weighted by atomic mass is 9.94. The molecule has 29 heavy (non-hydrogen) atoms. The van der Waals surface area contributed by atoms with E-state index in [0.717, 1.165) is 39.8 Å². The smallest absolute Gasteiger partial charge is 0.251 e. The SMILES string of the molecule is Nc1ncc(-c2ccc3c(c2)CNS3(=O)=O)cc1-c1ccc2c(c1)CCNC2=O. The average Bonchev–Trinajstić information content (AvgIpc) is 3.02. The summed E-state index contributed by atoms with van der Waals surface area (Å²) >= 11 is 0. The van der Waals surface area contributed by atoms with E-state index in [0.29, 0.717) is 22.8 Å². The van der Waals surface area contributed by atoms with Crippen molar-refractivity contribution in [3.63, 3.8) is 0 Å². The van der Waals surface area contributed by atoms with Gasteiger partial charge >= 0.3 is 0 Å². The zero-order valence-corrected chi connectivity index (χ0v) is 16.2. The Morgan fingerprint density at radius 3 is 2.59 bits per heavy atom. The van der Waals surface area contributed by atoms with Gasteiger partial charge in [0.1, 0.15) is 5.82 Å². The normalized spacial score (nSPS) is 16.8. The van der Waals surface area contributed by atoms with Gasteiger partial charge in [-0.3, -0.25) is 4.79 Å². The van der Waals surface area contributed by atoms with Crippen LogP contribution in [0.3, 0.4) is 0 Å². The van der Waals surface area contributed by atoms with Crippen molar-refractivity contribution in [2.75, 3.05) is 12.3 Å². The van der Waals surface area contributed by atoms with Crippen molar-refractivity contribution in [3.8, 4) is 22.3 Å². The van der Waals surface area contributed by atoms with Crippen molar-refractivity contribution in [1.29, 1.82) is 0 Å². The molecule has 7 nitrogen and oxygen atoms in total. The van der Waals surface area contributed by atoms with E-state index < -0.39 is 10.0 Å². The summed E-state index contributed by atoms with van der Waals surface area (Å²) in [7, 11) is -3.39. The Morgan fingerprint density at radius 2 is 1.72 bits per heavy atom. The van der Waals surface area contributed by atoms with Crippen LogP contribution in [0.15, 0.2) is 53.6 Å². The molecular formula is C21H18N4O3S. The first-order chi connectivity index (χ1) is 13.9. The summed E-state index contributed by atoms with van der Waals surface area (Å²) in [6.45, 7) is 0.906. The number of aromatic nitrogens is 1. The third kappa shape index (κ3) is 2.97. The van der Waals surface area contributed by atoms with E-state index in [2.05, 4.69) is 15.0 Å². The van der Waals surface area contributed by atoms with Crippen molar-refractivity contribution >= 4 is 21.7 Å². The van der Waals surface area contributed by atoms with Crippen LogP contribution in [0.1, 0.15) is 21.5 Å². The van der Waals surface area contributed by atoms with E-state index in [4.69, 9.17) is 5.73 Å². The highest BCUT2D eigenvalue weighted by molar-refractivity contribution is 7.89. The highest BCUT2D eigenvalue weighted by Crippen LogP contribution is 2.33. The van der Waals surface area contributed by atoms with E-state index in [1.807, 2.05) is 30.3 Å². The number of nitrogen functional groups attached to an aromatic ring is 1. The zero-order chi connectivity index (χ0) is 20.2. The molecule has 8 heteroatoms. The molecule has 3 aromatic rings. The molecule has 0 atom stereocenters. The molecule has 5 rings (SSSR count). The molecule has 146 valence electrons. The largest absolute Gasteiger partial charge is 0.383 e. The van der Waals surface area contributed by atoms with E-state index in [1.54, 1.807) is 18.3 Å². The average molecular weight is 406 g/mol. The third-order valence-electron chi connectivity index (χ3n) is 5.40. The zero-order valence-electron chi connectivity index (χ0n) is 15.4. The van der Waals surface area contributed by atoms with Crippen LogP contribution >= 0.6 is 0 Å². The molecule has 0 aliphatic carbocycles. The lowest BCUT2D eigenvalue weighted by Crippen LogP contribution is -2.31. The molecule has 4 N–H and O–H groups in total. The number of rotatable bonds is 2. The van der Waals surface area contributed by atoms with Gasteiger partial charge < -0.3 is 11.1 Å². The Hall–Kier alpha value is -3.23. The first-order valence-electron chi connectivity index (χ1n) is 9.22. The standard InChI is InChI=1S/C21H18N4O3S/c22-20-18(13-1-3-17-14(8-13)5-6-23-21(17)26)9-15(10-24-20)12-2-4-19-16(7-12)11-25-29(19,27)28/h1-4,7-10,25H,5-6,11H2,(H2,22,24)(H,23,26). The lowest BCUT2D eigenvalue weighted by Gasteiger charge is -2.18. The van der Waals surface area contributed by atoms with Gasteiger partial charge in [-0.15, -0.1) is 0 Å². The number of fused-ring (bicyclic) bond motifs is 2. The van der Waals surface area contributed by atoms with Crippen molar-refractivity contribution in [2.24, 2.45) is 0 Å². The van der Waals surface area contributed by atoms with Crippen LogP contribution in [0.2, 0.25) is 0 Å². The van der Waals surface area contributed by atoms with Gasteiger partial charge in [0, 0.05) is 36.0 Å². The number of sulfonamides is 1. The van der Waals surface area contributed by atoms with E-state index in [-0.39, 0.29) is 12.5 Å². The highest BCUT2D eigenvalue weighted by atomic mass is 32.2. The molecule has 0 saturated heterocycles. The summed E-state index contributed by atoms with van der Waals surface area (Å²) in [6, 6.07) is 12.9. The molecular weight excluding hydrogens is 388 g/mol. The predicted octanol–water partition coefficient (Wildman–Crippen LogP) is 2.08. The monoisotopic (exact) mass is 406 g/mol. The summed E-state index contributed by atoms with van der Waals surface area (Å²) in [6.07, 6.45) is 2.46. The van der Waals surface area contributed by atoms with Crippen LogP contribution in [0.5, 0.6) is 0 Å². The minimum absolute atomic E-state index is 0.0562. The van der Waals surface area contributed by atoms with Crippen LogP contribution in [-0.4, -0.2) is 25.9 Å². The summed E-state index contributed by atoms with van der Waals surface area (Å²) in [5.41, 5.74) is 12.0. The van der Waals surface area contributed by atoms with E-state index >= 15 is 0 Å². The molecule has 2 aliphatic rings. The summed E-state index contributed by atoms with van der Waals surface area (Å²) in [4.78, 5) is 16.6. The molecule has 1 aromatic heterocycles. The minimum atomic E-state index is -3.39. The Labute approximate surface area is 168 Å². The maximum atomic E-state index is 12.0. The highest BCUT2D eigenvalue weighted by Gasteiger charge is 2.25. The fourth-order valence-electron chi connectivity index (χ4n) is 3.87. The fourth-order valence-corrected chi connectivity index (χ4v) is 5.09. The van der Waals surface area contributed by atoms with Gasteiger partial charge in [0.25, 0.3) is 5.91 Å². The lowest BCUT2D eigenvalue weighted by molar-refractivity contribution is 0.0946. The number of benzene rings is 2. The number of pyridine rings is 1. The minimum Gasteiger partial charge on any atom is -0.383 e. The van der Waals surface area contributed by atoms with Crippen molar-refractivity contribution in [1.82, 2.24) is 15.0 Å². The number of nitrogens with zero attached hydrogens (tertiary/aromatic N) is 1. The van der Waals surface area contributed by atoms with E-state index in [9.17, 15) is 13.2 Å². The fraction of sp³-hybridized carbons (Fsp3) is 0.143. The van der Waals surface area contributed by atoms with E-state index in [1.165, 1.54) is 0 Å². The maximum Gasteiger partial charge on any atom is 0.251 e. The molecule has 0 fully saturated rings. The molecule has 2 aromatic carbocycles. The molecule has 0 bridgehead atoms. The quantitative estimate of drug-likeness (QED) is 0.603. The van der Waals surface area contributed by atoms with Crippen molar-refractivity contribution in [2.45, 2.75) is 17.9 Å². The Bertz CT molecular complexity index is 1290. The number of hydrogen-bond acceptors (Lipinski definition) is 5. The van der Waals surface area contributed by atoms with Gasteiger partial charge in [-0.2, -0.15) is 0 Å². The second-order valence-electron chi connectivity index (χ2n) is 7.18. The summed E-state index contributed by atoms with van der Waals surface area (Å²) in [5.74, 6) is 0.346. The number of carbonyl (C=O) groups is 1. The van der Waals surface area contributed by atoms with Gasteiger partial charge in [-0.05, 0) is 52.9 Å². The van der Waals surface area contributed by atoms with Crippen LogP contribution in [0, 0.1) is 0 Å². The number of hydrogen-bond donors (Lipinski definition) is 3. The van der Waals surface area contributed by atoms with Crippen molar-refractivity contribution < 1.29 is 13.2 Å².